The van der Waals surface area contributed by atoms with E-state index in [0.717, 1.165) is 10.4 Å². The van der Waals surface area contributed by atoms with Crippen LogP contribution in [0.3, 0.4) is 0 Å². The number of nitrogens with one attached hydrogen (secondary N) is 1. The van der Waals surface area contributed by atoms with Crippen molar-refractivity contribution >= 4 is 39.2 Å². The van der Waals surface area contributed by atoms with Crippen LogP contribution in [0.5, 0.6) is 0 Å². The van der Waals surface area contributed by atoms with E-state index in [1.807, 2.05) is 36.4 Å². The molecule has 0 bridgehead atoms. The first-order valence-electron chi connectivity index (χ1n) is 9.43. The Kier molecular flexibility index (Phi) is 6.85. The topological polar surface area (TPSA) is 73.0 Å². The van der Waals surface area contributed by atoms with E-state index in [4.69, 9.17) is 11.6 Å². The van der Waals surface area contributed by atoms with Crippen LogP contribution in [0.25, 0.3) is 0 Å². The van der Waals surface area contributed by atoms with Gasteiger partial charge in [0.2, 0.25) is 0 Å². The lowest BCUT2D eigenvalue weighted by Gasteiger charge is -2.34. The molecule has 0 saturated carbocycles. The molecule has 10 heteroatoms. The molecule has 158 valence electrons. The van der Waals surface area contributed by atoms with Gasteiger partial charge in [-0.05, 0) is 17.7 Å². The van der Waals surface area contributed by atoms with Crippen LogP contribution < -0.4 is 5.32 Å². The van der Waals surface area contributed by atoms with E-state index in [2.05, 4.69) is 5.32 Å². The summed E-state index contributed by atoms with van der Waals surface area (Å²) < 4.78 is 30.4. The first kappa shape index (κ1) is 22.0. The molecule has 1 N–H and O–H groups in total. The minimum atomic E-state index is -3.94. The molecule has 1 fully saturated rings. The molecule has 1 aromatic carbocycles. The minimum absolute atomic E-state index is 0.228. The van der Waals surface area contributed by atoms with Crippen molar-refractivity contribution in [3.8, 4) is 0 Å². The third-order valence-electron chi connectivity index (χ3n) is 5.06. The quantitative estimate of drug-likeness (QED) is 0.720. The Labute approximate surface area is 181 Å². The molecular weight excluding hydrogens is 432 g/mol. The number of benzene rings is 1. The van der Waals surface area contributed by atoms with E-state index in [9.17, 15) is 13.2 Å². The summed E-state index contributed by atoms with van der Waals surface area (Å²) in [4.78, 5) is 13.5. The fourth-order valence-corrected chi connectivity index (χ4v) is 6.80. The molecule has 2 unspecified atom stereocenters. The van der Waals surface area contributed by atoms with Gasteiger partial charge in [0.25, 0.3) is 10.2 Å². The third-order valence-corrected chi connectivity index (χ3v) is 8.42. The SMILES string of the molecule is CCN(CC)S(=O)(=O)N1C(c2ccc(Cl)s2)C(c2ccccc2)CN1C(=O)NC. The first-order chi connectivity index (χ1) is 13.8. The number of amides is 2. The van der Waals surface area contributed by atoms with Crippen molar-refractivity contribution in [3.05, 3.63) is 57.2 Å². The lowest BCUT2D eigenvalue weighted by Crippen LogP contribution is -2.53. The summed E-state index contributed by atoms with van der Waals surface area (Å²) in [7, 11) is -2.44. The van der Waals surface area contributed by atoms with Gasteiger partial charge in [-0.15, -0.1) is 11.3 Å². The molecule has 2 amide bonds. The van der Waals surface area contributed by atoms with Gasteiger partial charge in [-0.2, -0.15) is 12.7 Å². The number of hydrogen-bond donors (Lipinski definition) is 1. The molecule has 0 aliphatic carbocycles. The number of hydrogen-bond acceptors (Lipinski definition) is 4. The van der Waals surface area contributed by atoms with Gasteiger partial charge in [-0.25, -0.2) is 9.80 Å². The summed E-state index contributed by atoms with van der Waals surface area (Å²) >= 11 is 7.52. The average molecular weight is 457 g/mol. The molecule has 0 spiro atoms. The Bertz CT molecular complexity index is 947. The van der Waals surface area contributed by atoms with Gasteiger partial charge in [0.1, 0.15) is 0 Å². The van der Waals surface area contributed by atoms with Crippen molar-refractivity contribution in [2.24, 2.45) is 0 Å². The molecule has 2 heterocycles. The molecule has 1 aliphatic heterocycles. The molecule has 2 aromatic rings. The van der Waals surface area contributed by atoms with Gasteiger partial charge in [0.15, 0.2) is 0 Å². The average Bonchev–Trinajstić information content (AvgIpc) is 3.32. The van der Waals surface area contributed by atoms with Crippen LogP contribution in [0.15, 0.2) is 42.5 Å². The number of rotatable bonds is 6. The first-order valence-corrected chi connectivity index (χ1v) is 12.0. The van der Waals surface area contributed by atoms with Crippen LogP contribution >= 0.6 is 22.9 Å². The highest BCUT2D eigenvalue weighted by Gasteiger charge is 2.51. The Hall–Kier alpha value is -1.65. The fraction of sp³-hybridized carbons (Fsp3) is 0.421. The highest BCUT2D eigenvalue weighted by atomic mass is 35.5. The highest BCUT2D eigenvalue weighted by Crippen LogP contribution is 2.47. The lowest BCUT2D eigenvalue weighted by atomic mass is 9.92. The fourth-order valence-electron chi connectivity index (χ4n) is 3.69. The number of halogens is 1. The molecule has 0 radical (unpaired) electrons. The highest BCUT2D eigenvalue weighted by molar-refractivity contribution is 7.86. The zero-order chi connectivity index (χ0) is 21.2. The Morgan fingerprint density at radius 1 is 1.21 bits per heavy atom. The summed E-state index contributed by atoms with van der Waals surface area (Å²) in [6.45, 7) is 4.43. The minimum Gasteiger partial charge on any atom is -0.340 e. The third kappa shape index (κ3) is 4.15. The van der Waals surface area contributed by atoms with Gasteiger partial charge in [0.05, 0.1) is 10.4 Å². The molecule has 3 rings (SSSR count). The summed E-state index contributed by atoms with van der Waals surface area (Å²) in [6, 6.07) is 12.2. The van der Waals surface area contributed by atoms with Crippen molar-refractivity contribution in [2.75, 3.05) is 26.7 Å². The number of hydrazine groups is 1. The van der Waals surface area contributed by atoms with Crippen LogP contribution in [-0.4, -0.2) is 54.9 Å². The Morgan fingerprint density at radius 3 is 2.38 bits per heavy atom. The summed E-state index contributed by atoms with van der Waals surface area (Å²) in [5.74, 6) is -0.228. The molecule has 1 saturated heterocycles. The Balaban J connectivity index is 2.19. The maximum Gasteiger partial charge on any atom is 0.332 e. The second-order valence-corrected chi connectivity index (χ2v) is 10.1. The zero-order valence-electron chi connectivity index (χ0n) is 16.6. The smallest absolute Gasteiger partial charge is 0.332 e. The second-order valence-electron chi connectivity index (χ2n) is 6.61. The molecule has 29 heavy (non-hydrogen) atoms. The van der Waals surface area contributed by atoms with Gasteiger partial charge in [-0.1, -0.05) is 60.2 Å². The predicted octanol–water partition coefficient (Wildman–Crippen LogP) is 3.69. The standard InChI is InChI=1S/C19H25ClN4O3S2/c1-4-22(5-2)29(26,27)24-18(16-11-12-17(20)28-16)15(13-23(24)19(25)21-3)14-9-7-6-8-10-14/h6-12,15,18H,4-5,13H2,1-3H3,(H,21,25). The maximum atomic E-state index is 13.6. The molecular formula is C19H25ClN4O3S2. The predicted molar refractivity (Wildman–Crippen MR) is 116 cm³/mol. The van der Waals surface area contributed by atoms with Crippen LogP contribution in [0.4, 0.5) is 4.79 Å². The lowest BCUT2D eigenvalue weighted by molar-refractivity contribution is 0.108. The maximum absolute atomic E-state index is 13.6. The van der Waals surface area contributed by atoms with Gasteiger partial charge in [-0.3, -0.25) is 0 Å². The normalized spacial score (nSPS) is 20.4. The van der Waals surface area contributed by atoms with E-state index in [1.165, 1.54) is 32.1 Å². The van der Waals surface area contributed by atoms with Crippen molar-refractivity contribution in [2.45, 2.75) is 25.8 Å². The summed E-state index contributed by atoms with van der Waals surface area (Å²) in [5, 5.41) is 3.87. The number of carbonyl (C=O) groups excluding carboxylic acids is 1. The van der Waals surface area contributed by atoms with Crippen molar-refractivity contribution in [3.63, 3.8) is 0 Å². The van der Waals surface area contributed by atoms with Crippen molar-refractivity contribution < 1.29 is 13.2 Å². The zero-order valence-corrected chi connectivity index (χ0v) is 19.0. The van der Waals surface area contributed by atoms with Gasteiger partial charge in [0, 0.05) is 37.5 Å². The number of nitrogens with zero attached hydrogens (tertiary/aromatic N) is 3. The summed E-state index contributed by atoms with van der Waals surface area (Å²) in [6.07, 6.45) is 0. The van der Waals surface area contributed by atoms with E-state index in [0.29, 0.717) is 17.4 Å². The summed E-state index contributed by atoms with van der Waals surface area (Å²) in [5.41, 5.74) is 0.966. The van der Waals surface area contributed by atoms with E-state index >= 15 is 0 Å². The van der Waals surface area contributed by atoms with E-state index in [1.54, 1.807) is 19.9 Å². The van der Waals surface area contributed by atoms with Crippen molar-refractivity contribution in [1.29, 1.82) is 0 Å². The molecule has 7 nitrogen and oxygen atoms in total. The molecule has 2 atom stereocenters. The largest absolute Gasteiger partial charge is 0.340 e. The molecule has 1 aliphatic rings. The van der Waals surface area contributed by atoms with Crippen LogP contribution in [-0.2, 0) is 10.2 Å². The van der Waals surface area contributed by atoms with E-state index in [-0.39, 0.29) is 12.5 Å². The Morgan fingerprint density at radius 2 is 1.86 bits per heavy atom. The van der Waals surface area contributed by atoms with Crippen LogP contribution in [0.1, 0.15) is 36.2 Å². The van der Waals surface area contributed by atoms with Gasteiger partial charge < -0.3 is 5.32 Å². The second kappa shape index (κ2) is 9.01. The monoisotopic (exact) mass is 456 g/mol. The van der Waals surface area contributed by atoms with Crippen molar-refractivity contribution in [1.82, 2.24) is 19.0 Å². The van der Waals surface area contributed by atoms with Gasteiger partial charge >= 0.3 is 6.03 Å². The number of thiophene rings is 1. The van der Waals surface area contributed by atoms with Crippen LogP contribution in [0, 0.1) is 0 Å². The molecule has 1 aromatic heterocycles. The number of urea groups is 1. The van der Waals surface area contributed by atoms with Crippen LogP contribution in [0.2, 0.25) is 4.34 Å². The number of carbonyl (C=O) groups is 1. The van der Waals surface area contributed by atoms with E-state index < -0.39 is 22.3 Å².